The van der Waals surface area contributed by atoms with E-state index in [-0.39, 0.29) is 31.3 Å². The number of amides is 2. The molecule has 0 aliphatic heterocycles. The molecule has 0 radical (unpaired) electrons. The number of sulfonamides is 1. The van der Waals surface area contributed by atoms with Crippen molar-refractivity contribution in [2.24, 2.45) is 0 Å². The molecule has 0 unspecified atom stereocenters. The van der Waals surface area contributed by atoms with Crippen LogP contribution in [0.1, 0.15) is 43.4 Å². The van der Waals surface area contributed by atoms with Crippen molar-refractivity contribution < 1.29 is 18.0 Å². The molecule has 0 aliphatic carbocycles. The lowest BCUT2D eigenvalue weighted by Crippen LogP contribution is -2.50. The van der Waals surface area contributed by atoms with E-state index in [0.29, 0.717) is 25.1 Å². The Hall–Kier alpha value is -3.17. The molecule has 7 nitrogen and oxygen atoms in total. The van der Waals surface area contributed by atoms with Crippen molar-refractivity contribution in [1.29, 1.82) is 0 Å². The van der Waals surface area contributed by atoms with Gasteiger partial charge in [0.15, 0.2) is 0 Å². The topological polar surface area (TPSA) is 86.8 Å². The third-order valence-electron chi connectivity index (χ3n) is 6.65. The third-order valence-corrected chi connectivity index (χ3v) is 8.34. The number of rotatable bonds is 14. The molecule has 0 spiro atoms. The average molecular weight is 629 g/mol. The van der Waals surface area contributed by atoms with Crippen molar-refractivity contribution in [1.82, 2.24) is 10.2 Å². The van der Waals surface area contributed by atoms with Gasteiger partial charge in [-0.15, -0.1) is 0 Å². The molecule has 2 amide bonds. The normalized spacial score (nSPS) is 12.0. The van der Waals surface area contributed by atoms with Crippen LogP contribution in [0.25, 0.3) is 0 Å². The van der Waals surface area contributed by atoms with Crippen LogP contribution in [0.4, 0.5) is 5.69 Å². The van der Waals surface area contributed by atoms with Crippen molar-refractivity contribution in [3.8, 4) is 0 Å². The van der Waals surface area contributed by atoms with Gasteiger partial charge in [-0.25, -0.2) is 8.42 Å². The number of nitrogens with one attached hydrogen (secondary N) is 1. The number of nitrogens with zero attached hydrogens (tertiary/aromatic N) is 2. The van der Waals surface area contributed by atoms with Gasteiger partial charge in [-0.2, -0.15) is 0 Å². The summed E-state index contributed by atoms with van der Waals surface area (Å²) in [5.41, 5.74) is 3.52. The Kier molecular flexibility index (Phi) is 11.8. The lowest BCUT2D eigenvalue weighted by molar-refractivity contribution is -0.141. The van der Waals surface area contributed by atoms with Crippen LogP contribution in [0.2, 0.25) is 0 Å². The highest BCUT2D eigenvalue weighted by molar-refractivity contribution is 9.10. The van der Waals surface area contributed by atoms with Gasteiger partial charge in [-0.05, 0) is 60.7 Å². The van der Waals surface area contributed by atoms with E-state index in [2.05, 4.69) is 21.2 Å². The summed E-state index contributed by atoms with van der Waals surface area (Å²) in [6, 6.07) is 24.0. The lowest BCUT2D eigenvalue weighted by Gasteiger charge is -2.32. The molecular formula is C31H38BrN3O4S. The molecule has 214 valence electrons. The van der Waals surface area contributed by atoms with Gasteiger partial charge in [0.2, 0.25) is 21.8 Å². The zero-order chi connectivity index (χ0) is 29.1. The van der Waals surface area contributed by atoms with Crippen LogP contribution < -0.4 is 9.62 Å². The van der Waals surface area contributed by atoms with Gasteiger partial charge in [0.1, 0.15) is 6.04 Å². The molecule has 9 heteroatoms. The summed E-state index contributed by atoms with van der Waals surface area (Å²) in [7, 11) is -3.55. The molecule has 1 N–H and O–H groups in total. The fourth-order valence-electron chi connectivity index (χ4n) is 4.58. The maximum atomic E-state index is 13.8. The van der Waals surface area contributed by atoms with Crippen LogP contribution in [-0.2, 0) is 39.0 Å². The largest absolute Gasteiger partial charge is 0.355 e. The molecule has 0 heterocycles. The number of hydrogen-bond acceptors (Lipinski definition) is 4. The van der Waals surface area contributed by atoms with Crippen molar-refractivity contribution >= 4 is 43.5 Å². The van der Waals surface area contributed by atoms with E-state index in [1.807, 2.05) is 80.6 Å². The van der Waals surface area contributed by atoms with E-state index in [1.165, 1.54) is 10.6 Å². The standard InChI is InChI=1S/C31H38BrN3O4S/c1-4-24-16-18-28(19-17-24)35(40(3,38)39)20-10-15-30(36)34(23-26-13-9-14-27(32)21-26)29(31(37)33-5-2)22-25-11-7-6-8-12-25/h6-9,11-14,16-19,21,29H,4-5,10,15,20,22-23H2,1-3H3,(H,33,37)/t29-/m0/s1. The maximum absolute atomic E-state index is 13.8. The summed E-state index contributed by atoms with van der Waals surface area (Å²) in [5.74, 6) is -0.426. The van der Waals surface area contributed by atoms with Crippen LogP contribution in [0.5, 0.6) is 0 Å². The number of carbonyl (C=O) groups is 2. The summed E-state index contributed by atoms with van der Waals surface area (Å²) in [4.78, 5) is 28.7. The number of halogens is 1. The van der Waals surface area contributed by atoms with Crippen LogP contribution >= 0.6 is 15.9 Å². The zero-order valence-electron chi connectivity index (χ0n) is 23.3. The fraction of sp³-hybridized carbons (Fsp3) is 0.355. The second kappa shape index (κ2) is 15.0. The summed E-state index contributed by atoms with van der Waals surface area (Å²) in [6.45, 7) is 4.75. The first-order chi connectivity index (χ1) is 19.1. The third kappa shape index (κ3) is 9.20. The molecule has 40 heavy (non-hydrogen) atoms. The Morgan fingerprint density at radius 3 is 2.17 bits per heavy atom. The first kappa shape index (κ1) is 31.4. The van der Waals surface area contributed by atoms with Gasteiger partial charge in [0.05, 0.1) is 11.9 Å². The van der Waals surface area contributed by atoms with E-state index >= 15 is 0 Å². The summed E-state index contributed by atoms with van der Waals surface area (Å²) < 4.78 is 27.4. The first-order valence-electron chi connectivity index (χ1n) is 13.5. The Morgan fingerprint density at radius 2 is 1.57 bits per heavy atom. The first-order valence-corrected chi connectivity index (χ1v) is 16.2. The Balaban J connectivity index is 1.85. The zero-order valence-corrected chi connectivity index (χ0v) is 25.7. The minimum Gasteiger partial charge on any atom is -0.355 e. The molecule has 3 aromatic rings. The van der Waals surface area contributed by atoms with Gasteiger partial charge < -0.3 is 10.2 Å². The van der Waals surface area contributed by atoms with E-state index in [9.17, 15) is 18.0 Å². The molecule has 3 aromatic carbocycles. The molecule has 1 atom stereocenters. The molecule has 0 bridgehead atoms. The Labute approximate surface area is 246 Å². The Bertz CT molecular complexity index is 1360. The maximum Gasteiger partial charge on any atom is 0.243 e. The minimum absolute atomic E-state index is 0.0950. The number of carbonyl (C=O) groups excluding carboxylic acids is 2. The number of aryl methyl sites for hydroxylation is 1. The van der Waals surface area contributed by atoms with Crippen LogP contribution in [0.15, 0.2) is 83.3 Å². The quantitative estimate of drug-likeness (QED) is 0.262. The highest BCUT2D eigenvalue weighted by Gasteiger charge is 2.30. The smallest absolute Gasteiger partial charge is 0.243 e. The van der Waals surface area contributed by atoms with Crippen molar-refractivity contribution in [3.63, 3.8) is 0 Å². The number of hydrogen-bond donors (Lipinski definition) is 1. The predicted octanol–water partition coefficient (Wildman–Crippen LogP) is 5.33. The average Bonchev–Trinajstić information content (AvgIpc) is 2.93. The highest BCUT2D eigenvalue weighted by atomic mass is 79.9. The summed E-state index contributed by atoms with van der Waals surface area (Å²) >= 11 is 3.50. The van der Waals surface area contributed by atoms with Crippen LogP contribution in [0.3, 0.4) is 0 Å². The second-order valence-corrected chi connectivity index (χ2v) is 12.5. The van der Waals surface area contributed by atoms with Gasteiger partial charge in [0, 0.05) is 36.9 Å². The van der Waals surface area contributed by atoms with Gasteiger partial charge in [0.25, 0.3) is 0 Å². The highest BCUT2D eigenvalue weighted by Crippen LogP contribution is 2.22. The molecule has 3 rings (SSSR count). The minimum atomic E-state index is -3.55. The van der Waals surface area contributed by atoms with Crippen molar-refractivity contribution in [2.75, 3.05) is 23.7 Å². The lowest BCUT2D eigenvalue weighted by atomic mass is 10.0. The molecule has 0 aromatic heterocycles. The monoisotopic (exact) mass is 627 g/mol. The molecule has 0 aliphatic rings. The van der Waals surface area contributed by atoms with E-state index in [0.717, 1.165) is 27.6 Å². The Morgan fingerprint density at radius 1 is 0.900 bits per heavy atom. The van der Waals surface area contributed by atoms with Gasteiger partial charge in [-0.3, -0.25) is 13.9 Å². The molecule has 0 fully saturated rings. The van der Waals surface area contributed by atoms with Gasteiger partial charge in [-0.1, -0.05) is 77.5 Å². The SMILES string of the molecule is CCNC(=O)[C@H](Cc1ccccc1)N(Cc1cccc(Br)c1)C(=O)CCCN(c1ccc(CC)cc1)S(C)(=O)=O. The molecular weight excluding hydrogens is 590 g/mol. The van der Waals surface area contributed by atoms with E-state index in [1.54, 1.807) is 17.0 Å². The van der Waals surface area contributed by atoms with E-state index in [4.69, 9.17) is 0 Å². The van der Waals surface area contributed by atoms with Crippen LogP contribution in [0, 0.1) is 0 Å². The summed E-state index contributed by atoms with van der Waals surface area (Å²) in [6.07, 6.45) is 2.80. The fourth-order valence-corrected chi connectivity index (χ4v) is 5.99. The van der Waals surface area contributed by atoms with Crippen molar-refractivity contribution in [3.05, 3.63) is 100 Å². The van der Waals surface area contributed by atoms with Crippen LogP contribution in [-0.4, -0.2) is 50.5 Å². The van der Waals surface area contributed by atoms with Gasteiger partial charge >= 0.3 is 0 Å². The summed E-state index contributed by atoms with van der Waals surface area (Å²) in [5, 5.41) is 2.89. The molecule has 0 saturated carbocycles. The van der Waals surface area contributed by atoms with E-state index < -0.39 is 16.1 Å². The second-order valence-electron chi connectivity index (χ2n) is 9.71. The molecule has 0 saturated heterocycles. The van der Waals surface area contributed by atoms with Crippen molar-refractivity contribution in [2.45, 2.75) is 52.1 Å². The number of benzene rings is 3. The number of anilines is 1. The number of likely N-dealkylation sites (N-methyl/N-ethyl adjacent to an activating group) is 1. The predicted molar refractivity (Wildman–Crippen MR) is 165 cm³/mol.